The minimum Gasteiger partial charge on any atom is -0.368 e. The zero-order chi connectivity index (χ0) is 26.9. The molecule has 1 aromatic heterocycles. The van der Waals surface area contributed by atoms with Gasteiger partial charge in [0.15, 0.2) is 0 Å². The molecule has 1 fully saturated rings. The van der Waals surface area contributed by atoms with E-state index in [-0.39, 0.29) is 39.0 Å². The maximum absolute atomic E-state index is 13.2. The first kappa shape index (κ1) is 27.8. The molecule has 0 radical (unpaired) electrons. The molecule has 37 heavy (non-hydrogen) atoms. The lowest BCUT2D eigenvalue weighted by molar-refractivity contribution is -0.119. The second kappa shape index (κ2) is 11.3. The molecule has 198 valence electrons. The van der Waals surface area contributed by atoms with Crippen LogP contribution in [-0.4, -0.2) is 65.7 Å². The van der Waals surface area contributed by atoms with Gasteiger partial charge in [0.05, 0.1) is 27.1 Å². The standard InChI is InChI=1S/C24H27Cl3N6O3S/c1-14(2)22(23(28)34)31-24-15-5-3-4-6-17(15)29-19(30-24)13-32-9-11-33(12-10-32)37(35,36)18-8-7-16(25)20(26)21(18)27/h3-8,14,22H,9-13H2,1-2H3,(H2,28,34)(H,29,30,31)/t22-/m0/s1. The molecule has 0 bridgehead atoms. The fourth-order valence-electron chi connectivity index (χ4n) is 4.19. The summed E-state index contributed by atoms with van der Waals surface area (Å²) in [6.07, 6.45) is 0. The second-order valence-electron chi connectivity index (χ2n) is 9.13. The van der Waals surface area contributed by atoms with Crippen LogP contribution in [0.15, 0.2) is 41.3 Å². The van der Waals surface area contributed by atoms with Gasteiger partial charge in [-0.2, -0.15) is 4.31 Å². The van der Waals surface area contributed by atoms with E-state index >= 15 is 0 Å². The Morgan fingerprint density at radius 1 is 1.03 bits per heavy atom. The van der Waals surface area contributed by atoms with Gasteiger partial charge in [0.2, 0.25) is 15.9 Å². The van der Waals surface area contributed by atoms with Crippen LogP contribution in [0.1, 0.15) is 19.7 Å². The highest BCUT2D eigenvalue weighted by Crippen LogP contribution is 2.36. The number of amides is 1. The maximum Gasteiger partial charge on any atom is 0.244 e. The number of sulfonamides is 1. The van der Waals surface area contributed by atoms with Crippen molar-refractivity contribution in [3.63, 3.8) is 0 Å². The Kier molecular flexibility index (Phi) is 8.47. The Bertz CT molecular complexity index is 1430. The van der Waals surface area contributed by atoms with E-state index in [0.717, 1.165) is 10.9 Å². The summed E-state index contributed by atoms with van der Waals surface area (Å²) >= 11 is 18.2. The molecule has 3 N–H and O–H groups in total. The lowest BCUT2D eigenvalue weighted by Gasteiger charge is -2.33. The van der Waals surface area contributed by atoms with E-state index in [1.807, 2.05) is 38.1 Å². The number of nitrogens with zero attached hydrogens (tertiary/aromatic N) is 4. The van der Waals surface area contributed by atoms with Gasteiger partial charge < -0.3 is 11.1 Å². The molecule has 1 atom stereocenters. The molecule has 0 unspecified atom stereocenters. The van der Waals surface area contributed by atoms with Crippen LogP contribution < -0.4 is 11.1 Å². The van der Waals surface area contributed by atoms with Crippen LogP contribution >= 0.6 is 34.8 Å². The second-order valence-corrected chi connectivity index (χ2v) is 12.2. The minimum atomic E-state index is -3.85. The normalized spacial score (nSPS) is 16.3. The van der Waals surface area contributed by atoms with Gasteiger partial charge in [-0.3, -0.25) is 9.69 Å². The Morgan fingerprint density at radius 3 is 2.35 bits per heavy atom. The number of hydrogen-bond donors (Lipinski definition) is 2. The van der Waals surface area contributed by atoms with Gasteiger partial charge in [0.25, 0.3) is 0 Å². The zero-order valence-corrected chi connectivity index (χ0v) is 23.4. The van der Waals surface area contributed by atoms with Crippen molar-refractivity contribution in [2.75, 3.05) is 31.5 Å². The van der Waals surface area contributed by atoms with Crippen molar-refractivity contribution in [1.82, 2.24) is 19.2 Å². The lowest BCUT2D eigenvalue weighted by atomic mass is 10.0. The van der Waals surface area contributed by atoms with Gasteiger partial charge in [-0.15, -0.1) is 0 Å². The van der Waals surface area contributed by atoms with Crippen LogP contribution in [0.5, 0.6) is 0 Å². The smallest absolute Gasteiger partial charge is 0.244 e. The Morgan fingerprint density at radius 2 is 1.70 bits per heavy atom. The number of aromatic nitrogens is 2. The highest BCUT2D eigenvalue weighted by atomic mass is 35.5. The SMILES string of the molecule is CC(C)[C@H](Nc1nc(CN2CCN(S(=O)(=O)c3ccc(Cl)c(Cl)c3Cl)CC2)nc2ccccc12)C(N)=O. The number of primary amides is 1. The fraction of sp³-hybridized carbons (Fsp3) is 0.375. The molecule has 1 saturated heterocycles. The number of carbonyl (C=O) groups is 1. The third kappa shape index (κ3) is 5.94. The van der Waals surface area contributed by atoms with Crippen molar-refractivity contribution < 1.29 is 13.2 Å². The van der Waals surface area contributed by atoms with Gasteiger partial charge in [-0.25, -0.2) is 18.4 Å². The monoisotopic (exact) mass is 584 g/mol. The quantitative estimate of drug-likeness (QED) is 0.383. The molecule has 1 aliphatic heterocycles. The number of fused-ring (bicyclic) bond motifs is 1. The molecule has 1 aliphatic rings. The summed E-state index contributed by atoms with van der Waals surface area (Å²) in [7, 11) is -3.85. The highest BCUT2D eigenvalue weighted by Gasteiger charge is 2.31. The first-order valence-electron chi connectivity index (χ1n) is 11.7. The molecule has 0 aliphatic carbocycles. The topological polar surface area (TPSA) is 122 Å². The van der Waals surface area contributed by atoms with Gasteiger partial charge in [0.1, 0.15) is 22.6 Å². The third-order valence-corrected chi connectivity index (χ3v) is 9.58. The van der Waals surface area contributed by atoms with Crippen LogP contribution in [0.2, 0.25) is 15.1 Å². The predicted molar refractivity (Wildman–Crippen MR) is 146 cm³/mol. The Hall–Kier alpha value is -2.21. The number of nitrogens with two attached hydrogens (primary N) is 1. The van der Waals surface area contributed by atoms with Gasteiger partial charge in [-0.05, 0) is 30.2 Å². The molecule has 4 rings (SSSR count). The number of halogens is 3. The van der Waals surface area contributed by atoms with Crippen molar-refractivity contribution >= 4 is 67.5 Å². The van der Waals surface area contributed by atoms with Crippen molar-refractivity contribution in [3.8, 4) is 0 Å². The summed E-state index contributed by atoms with van der Waals surface area (Å²) in [5.41, 5.74) is 6.34. The number of nitrogens with one attached hydrogen (secondary N) is 1. The summed E-state index contributed by atoms with van der Waals surface area (Å²) in [6.45, 7) is 5.67. The van der Waals surface area contributed by atoms with Crippen LogP contribution in [0.25, 0.3) is 10.9 Å². The van der Waals surface area contributed by atoms with Crippen molar-refractivity contribution in [2.24, 2.45) is 11.7 Å². The Labute approximate surface area is 230 Å². The molecule has 3 aromatic rings. The molecule has 1 amide bonds. The predicted octanol–water partition coefficient (Wildman–Crippen LogP) is 4.02. The number of anilines is 1. The largest absolute Gasteiger partial charge is 0.368 e. The van der Waals surface area contributed by atoms with Gasteiger partial charge in [-0.1, -0.05) is 60.8 Å². The van der Waals surface area contributed by atoms with Gasteiger partial charge >= 0.3 is 0 Å². The van der Waals surface area contributed by atoms with E-state index in [1.54, 1.807) is 0 Å². The van der Waals surface area contributed by atoms with Crippen molar-refractivity contribution in [1.29, 1.82) is 0 Å². The van der Waals surface area contributed by atoms with Gasteiger partial charge in [0, 0.05) is 31.6 Å². The molecular formula is C24H27Cl3N6O3S. The van der Waals surface area contributed by atoms with E-state index in [9.17, 15) is 13.2 Å². The Balaban J connectivity index is 1.51. The third-order valence-electron chi connectivity index (χ3n) is 6.23. The van der Waals surface area contributed by atoms with Crippen molar-refractivity contribution in [3.05, 3.63) is 57.3 Å². The van der Waals surface area contributed by atoms with E-state index in [0.29, 0.717) is 31.3 Å². The molecule has 0 saturated carbocycles. The van der Waals surface area contributed by atoms with E-state index in [2.05, 4.69) is 15.2 Å². The first-order chi connectivity index (χ1) is 17.5. The summed E-state index contributed by atoms with van der Waals surface area (Å²) in [5, 5.41) is 4.09. The number of piperazine rings is 1. The van der Waals surface area contributed by atoms with Crippen LogP contribution in [-0.2, 0) is 21.4 Å². The minimum absolute atomic E-state index is 0.0111. The molecule has 13 heteroatoms. The lowest BCUT2D eigenvalue weighted by Crippen LogP contribution is -2.48. The molecular weight excluding hydrogens is 559 g/mol. The summed E-state index contributed by atoms with van der Waals surface area (Å²) < 4.78 is 27.8. The average Bonchev–Trinajstić information content (AvgIpc) is 2.85. The summed E-state index contributed by atoms with van der Waals surface area (Å²) in [4.78, 5) is 23.4. The molecule has 2 heterocycles. The van der Waals surface area contributed by atoms with Crippen molar-refractivity contribution in [2.45, 2.75) is 31.3 Å². The number of para-hydroxylation sites is 1. The number of benzene rings is 2. The van der Waals surface area contributed by atoms with Crippen LogP contribution in [0, 0.1) is 5.92 Å². The molecule has 9 nitrogen and oxygen atoms in total. The van der Waals surface area contributed by atoms with E-state index in [4.69, 9.17) is 45.5 Å². The molecule has 0 spiro atoms. The van der Waals surface area contributed by atoms with E-state index < -0.39 is 22.0 Å². The average molecular weight is 586 g/mol. The summed E-state index contributed by atoms with van der Waals surface area (Å²) in [5.74, 6) is 0.595. The van der Waals surface area contributed by atoms with Crippen LogP contribution in [0.4, 0.5) is 5.82 Å². The highest BCUT2D eigenvalue weighted by molar-refractivity contribution is 7.89. The van der Waals surface area contributed by atoms with E-state index in [1.165, 1.54) is 16.4 Å². The first-order valence-corrected chi connectivity index (χ1v) is 14.2. The fourth-order valence-corrected chi connectivity index (χ4v) is 6.57. The summed E-state index contributed by atoms with van der Waals surface area (Å²) in [6, 6.07) is 9.73. The molecule has 2 aromatic carbocycles. The maximum atomic E-state index is 13.2. The number of rotatable bonds is 8. The van der Waals surface area contributed by atoms with Crippen LogP contribution in [0.3, 0.4) is 0 Å². The zero-order valence-electron chi connectivity index (χ0n) is 20.3. The number of carbonyl (C=O) groups excluding carboxylic acids is 1. The number of hydrogen-bond acceptors (Lipinski definition) is 7.